The summed E-state index contributed by atoms with van der Waals surface area (Å²) >= 11 is 0. The molecule has 9 nitrogen and oxygen atoms in total. The van der Waals surface area contributed by atoms with Crippen LogP contribution in [0.15, 0.2) is 27.9 Å². The molecule has 0 saturated heterocycles. The average molecular weight is 275 g/mol. The van der Waals surface area contributed by atoms with Crippen molar-refractivity contribution in [1.82, 2.24) is 29.3 Å². The zero-order valence-corrected chi connectivity index (χ0v) is 11.0. The summed E-state index contributed by atoms with van der Waals surface area (Å²) in [5, 5.41) is 7.92. The van der Waals surface area contributed by atoms with Crippen LogP contribution in [0.2, 0.25) is 0 Å². The molecule has 2 N–H and O–H groups in total. The molecule has 3 rings (SSSR count). The Balaban J connectivity index is 1.95. The minimum atomic E-state index is -0.699. The Hall–Kier alpha value is -2.55. The molecule has 0 aliphatic heterocycles. The summed E-state index contributed by atoms with van der Waals surface area (Å²) in [6, 6.07) is 0. The lowest BCUT2D eigenvalue weighted by molar-refractivity contribution is 0.350. The van der Waals surface area contributed by atoms with Crippen molar-refractivity contribution in [1.29, 1.82) is 0 Å². The van der Waals surface area contributed by atoms with E-state index < -0.39 is 5.54 Å². The second-order valence-electron chi connectivity index (χ2n) is 4.98. The summed E-state index contributed by atoms with van der Waals surface area (Å²) in [5.41, 5.74) is 5.33. The lowest BCUT2D eigenvalue weighted by Crippen LogP contribution is -2.30. The van der Waals surface area contributed by atoms with Crippen LogP contribution in [-0.2, 0) is 12.1 Å². The third-order valence-corrected chi connectivity index (χ3v) is 2.72. The van der Waals surface area contributed by atoms with E-state index in [0.29, 0.717) is 11.5 Å². The van der Waals surface area contributed by atoms with Gasteiger partial charge in [0, 0.05) is 12.4 Å². The normalized spacial score (nSPS) is 12.2. The Morgan fingerprint density at radius 1 is 1.45 bits per heavy atom. The molecule has 9 heteroatoms. The molecule has 0 aliphatic carbocycles. The molecule has 0 aromatic carbocycles. The first-order chi connectivity index (χ1) is 9.45. The largest absolute Gasteiger partial charge is 0.350 e. The van der Waals surface area contributed by atoms with Crippen LogP contribution in [0.25, 0.3) is 5.65 Å². The van der Waals surface area contributed by atoms with E-state index in [9.17, 15) is 4.79 Å². The van der Waals surface area contributed by atoms with Gasteiger partial charge in [0.2, 0.25) is 5.89 Å². The first-order valence-electron chi connectivity index (χ1n) is 5.96. The van der Waals surface area contributed by atoms with Crippen LogP contribution in [0.3, 0.4) is 0 Å². The summed E-state index contributed by atoms with van der Waals surface area (Å²) in [5.74, 6) is 0.656. The van der Waals surface area contributed by atoms with E-state index in [1.807, 2.05) is 0 Å². The molecular weight excluding hydrogens is 262 g/mol. The number of hydrogen-bond acceptors (Lipinski definition) is 7. The van der Waals surface area contributed by atoms with Crippen LogP contribution in [0.5, 0.6) is 0 Å². The van der Waals surface area contributed by atoms with Crippen molar-refractivity contribution in [3.63, 3.8) is 0 Å². The molecule has 0 aliphatic rings. The monoisotopic (exact) mass is 275 g/mol. The maximum atomic E-state index is 12.1. The molecule has 0 unspecified atom stereocenters. The number of rotatable bonds is 3. The highest BCUT2D eigenvalue weighted by Crippen LogP contribution is 2.12. The van der Waals surface area contributed by atoms with Crippen LogP contribution in [0.4, 0.5) is 0 Å². The van der Waals surface area contributed by atoms with E-state index >= 15 is 0 Å². The second-order valence-corrected chi connectivity index (χ2v) is 4.98. The first-order valence-corrected chi connectivity index (χ1v) is 5.96. The Kier molecular flexibility index (Phi) is 2.64. The van der Waals surface area contributed by atoms with Crippen molar-refractivity contribution in [2.75, 3.05) is 0 Å². The maximum absolute atomic E-state index is 12.1. The second kappa shape index (κ2) is 4.23. The van der Waals surface area contributed by atoms with E-state index in [2.05, 4.69) is 20.2 Å². The molecule has 0 atom stereocenters. The number of aromatic nitrogens is 6. The van der Waals surface area contributed by atoms with Crippen molar-refractivity contribution < 1.29 is 4.52 Å². The van der Waals surface area contributed by atoms with Crippen molar-refractivity contribution in [2.45, 2.75) is 25.9 Å². The zero-order chi connectivity index (χ0) is 14.3. The predicted octanol–water partition coefficient (Wildman–Crippen LogP) is -0.484. The quantitative estimate of drug-likeness (QED) is 0.685. The Labute approximate surface area is 113 Å². The molecule has 20 heavy (non-hydrogen) atoms. The van der Waals surface area contributed by atoms with Gasteiger partial charge in [0.05, 0.1) is 11.7 Å². The fourth-order valence-corrected chi connectivity index (χ4v) is 1.69. The van der Waals surface area contributed by atoms with E-state index in [1.165, 1.54) is 21.5 Å². The number of fused-ring (bicyclic) bond motifs is 1. The highest BCUT2D eigenvalue weighted by molar-refractivity contribution is 5.31. The topological polar surface area (TPSA) is 117 Å². The minimum absolute atomic E-state index is 0.0869. The predicted molar refractivity (Wildman–Crippen MR) is 67.9 cm³/mol. The number of hydrogen-bond donors (Lipinski definition) is 1. The number of nitrogens with two attached hydrogens (primary N) is 1. The molecule has 0 saturated carbocycles. The van der Waals surface area contributed by atoms with Crippen molar-refractivity contribution in [3.8, 4) is 0 Å². The molecule has 0 amide bonds. The SMILES string of the molecule is CC(C)(N)c1noc(Cn2nc3cnccn3c2=O)n1. The molecule has 0 fully saturated rings. The van der Waals surface area contributed by atoms with Gasteiger partial charge in [-0.2, -0.15) is 4.98 Å². The van der Waals surface area contributed by atoms with Gasteiger partial charge in [0.25, 0.3) is 0 Å². The summed E-state index contributed by atoms with van der Waals surface area (Å²) in [6.45, 7) is 3.62. The maximum Gasteiger partial charge on any atom is 0.350 e. The zero-order valence-electron chi connectivity index (χ0n) is 11.0. The highest BCUT2D eigenvalue weighted by atomic mass is 16.5. The van der Waals surface area contributed by atoms with Gasteiger partial charge in [0.1, 0.15) is 6.54 Å². The molecule has 104 valence electrons. The van der Waals surface area contributed by atoms with E-state index in [1.54, 1.807) is 20.0 Å². The Bertz CT molecular complexity index is 808. The van der Waals surface area contributed by atoms with Crippen LogP contribution in [0, 0.1) is 0 Å². The third-order valence-electron chi connectivity index (χ3n) is 2.72. The third kappa shape index (κ3) is 2.07. The average Bonchev–Trinajstić information content (AvgIpc) is 2.97. The molecule has 0 spiro atoms. The van der Waals surface area contributed by atoms with Crippen LogP contribution >= 0.6 is 0 Å². The highest BCUT2D eigenvalue weighted by Gasteiger charge is 2.22. The molecule has 3 aromatic heterocycles. The van der Waals surface area contributed by atoms with Crippen molar-refractivity contribution >= 4 is 5.65 Å². The number of nitrogens with zero attached hydrogens (tertiary/aromatic N) is 6. The lowest BCUT2D eigenvalue weighted by Gasteiger charge is -2.11. The lowest BCUT2D eigenvalue weighted by atomic mass is 10.1. The Morgan fingerprint density at radius 3 is 2.90 bits per heavy atom. The molecule has 3 aromatic rings. The Morgan fingerprint density at radius 2 is 2.25 bits per heavy atom. The van der Waals surface area contributed by atoms with Gasteiger partial charge in [0.15, 0.2) is 11.5 Å². The van der Waals surface area contributed by atoms with E-state index in [4.69, 9.17) is 10.3 Å². The standard InChI is InChI=1S/C11H13N7O2/c1-11(2,12)9-14-8(20-16-9)6-18-10(19)17-4-3-13-5-7(17)15-18/h3-5H,6,12H2,1-2H3. The van der Waals surface area contributed by atoms with Crippen LogP contribution in [0.1, 0.15) is 25.6 Å². The van der Waals surface area contributed by atoms with Crippen LogP contribution in [-0.4, -0.2) is 29.3 Å². The fourth-order valence-electron chi connectivity index (χ4n) is 1.69. The van der Waals surface area contributed by atoms with Gasteiger partial charge >= 0.3 is 5.69 Å². The van der Waals surface area contributed by atoms with Gasteiger partial charge in [-0.15, -0.1) is 5.10 Å². The van der Waals surface area contributed by atoms with Gasteiger partial charge in [-0.3, -0.25) is 4.98 Å². The molecule has 0 radical (unpaired) electrons. The smallest absolute Gasteiger partial charge is 0.337 e. The molecule has 0 bridgehead atoms. The summed E-state index contributed by atoms with van der Waals surface area (Å²) in [6.07, 6.45) is 4.56. The summed E-state index contributed by atoms with van der Waals surface area (Å²) < 4.78 is 7.70. The summed E-state index contributed by atoms with van der Waals surface area (Å²) in [4.78, 5) is 20.1. The van der Waals surface area contributed by atoms with E-state index in [-0.39, 0.29) is 18.1 Å². The van der Waals surface area contributed by atoms with Crippen molar-refractivity contribution in [3.05, 3.63) is 40.8 Å². The minimum Gasteiger partial charge on any atom is -0.337 e. The fraction of sp³-hybridized carbons (Fsp3) is 0.364. The van der Waals surface area contributed by atoms with Gasteiger partial charge in [-0.1, -0.05) is 5.16 Å². The molecule has 3 heterocycles. The van der Waals surface area contributed by atoms with Gasteiger partial charge in [-0.25, -0.2) is 13.9 Å². The van der Waals surface area contributed by atoms with E-state index in [0.717, 1.165) is 0 Å². The summed E-state index contributed by atoms with van der Waals surface area (Å²) in [7, 11) is 0. The van der Waals surface area contributed by atoms with Gasteiger partial charge < -0.3 is 10.3 Å². The van der Waals surface area contributed by atoms with Crippen LogP contribution < -0.4 is 11.4 Å². The first kappa shape index (κ1) is 12.5. The molecular formula is C11H13N7O2. The van der Waals surface area contributed by atoms with Gasteiger partial charge in [-0.05, 0) is 13.8 Å². The van der Waals surface area contributed by atoms with Crippen molar-refractivity contribution in [2.24, 2.45) is 5.73 Å².